The lowest BCUT2D eigenvalue weighted by atomic mass is 11.2. The highest BCUT2D eigenvalue weighted by Gasteiger charge is 1.63. The second kappa shape index (κ2) is 3.35. The Labute approximate surface area is 41.7 Å². The Morgan fingerprint density at radius 3 is 2.14 bits per heavy atom. The molecule has 0 aliphatic heterocycles. The first-order chi connectivity index (χ1) is 3.27. The van der Waals surface area contributed by atoms with E-state index in [1.165, 1.54) is 0 Å². The zero-order valence-corrected chi connectivity index (χ0v) is 4.10. The fourth-order valence-corrected chi connectivity index (χ4v) is 0.250. The van der Waals surface area contributed by atoms with Crippen LogP contribution in [0.25, 0.3) is 0 Å². The molecule has 40 valence electrons. The standard InChI is InChI=1S/C2H3NO3S/c4-1-3-2-7(5)6/h1-2H,(H,3,4). The molecule has 0 unspecified atom stereocenters. The zero-order chi connectivity index (χ0) is 5.70. The first-order valence-electron chi connectivity index (χ1n) is 1.38. The van der Waals surface area contributed by atoms with Crippen molar-refractivity contribution in [3.63, 3.8) is 0 Å². The lowest BCUT2D eigenvalue weighted by molar-refractivity contribution is -0.108. The van der Waals surface area contributed by atoms with E-state index in [2.05, 4.69) is 0 Å². The largest absolute Gasteiger partial charge is 0.322 e. The molecule has 0 aromatic rings. The van der Waals surface area contributed by atoms with Crippen molar-refractivity contribution in [2.24, 2.45) is 0 Å². The molecule has 5 heteroatoms. The Morgan fingerprint density at radius 2 is 2.00 bits per heavy atom. The van der Waals surface area contributed by atoms with Gasteiger partial charge in [-0.05, 0) is 0 Å². The van der Waals surface area contributed by atoms with Crippen LogP contribution in [0.2, 0.25) is 0 Å². The van der Waals surface area contributed by atoms with Crippen LogP contribution in [0, 0.1) is 0 Å². The van der Waals surface area contributed by atoms with Crippen LogP contribution in [0.4, 0.5) is 0 Å². The Bertz CT molecular complexity index is 159. The van der Waals surface area contributed by atoms with Gasteiger partial charge >= 0.3 is 0 Å². The fourth-order valence-electron chi connectivity index (χ4n) is 0.0833. The van der Waals surface area contributed by atoms with Gasteiger partial charge in [-0.1, -0.05) is 0 Å². The maximum atomic E-state index is 9.48. The topological polar surface area (TPSA) is 63.2 Å². The van der Waals surface area contributed by atoms with Gasteiger partial charge in [-0.25, -0.2) is 0 Å². The number of hydrogen-bond acceptors (Lipinski definition) is 3. The van der Waals surface area contributed by atoms with Crippen LogP contribution in [0.3, 0.4) is 0 Å². The molecule has 0 rings (SSSR count). The van der Waals surface area contributed by atoms with Gasteiger partial charge < -0.3 is 5.32 Å². The lowest BCUT2D eigenvalue weighted by Crippen LogP contribution is -2.06. The van der Waals surface area contributed by atoms with Crippen molar-refractivity contribution in [3.05, 3.63) is 0 Å². The molecule has 0 heterocycles. The van der Waals surface area contributed by atoms with E-state index in [1.807, 2.05) is 5.32 Å². The number of carbonyl (C=O) groups is 1. The minimum absolute atomic E-state index is 0.274. The molecule has 7 heavy (non-hydrogen) atoms. The second-order valence-electron chi connectivity index (χ2n) is 0.663. The summed E-state index contributed by atoms with van der Waals surface area (Å²) in [4.78, 5) is 9.29. The Hall–Kier alpha value is -0.840. The summed E-state index contributed by atoms with van der Waals surface area (Å²) in [5.74, 6) is 0. The first-order valence-corrected chi connectivity index (χ1v) is 2.52. The van der Waals surface area contributed by atoms with Gasteiger partial charge in [-0.3, -0.25) is 4.79 Å². The van der Waals surface area contributed by atoms with Crippen molar-refractivity contribution in [1.29, 1.82) is 0 Å². The third-order valence-corrected chi connectivity index (χ3v) is 0.561. The average molecular weight is 121 g/mol. The monoisotopic (exact) mass is 121 g/mol. The van der Waals surface area contributed by atoms with Gasteiger partial charge in [0.15, 0.2) is 0 Å². The molecule has 0 saturated carbocycles. The van der Waals surface area contributed by atoms with E-state index in [0.29, 0.717) is 5.49 Å². The summed E-state index contributed by atoms with van der Waals surface area (Å²) in [5, 5.41) is 1.83. The Balaban J connectivity index is 3.71. The fraction of sp³-hybridized carbons (Fsp3) is 0. The van der Waals surface area contributed by atoms with Crippen molar-refractivity contribution in [2.75, 3.05) is 0 Å². The van der Waals surface area contributed by atoms with Crippen LogP contribution >= 0.6 is 0 Å². The van der Waals surface area contributed by atoms with E-state index in [1.54, 1.807) is 0 Å². The van der Waals surface area contributed by atoms with Crippen molar-refractivity contribution in [1.82, 2.24) is 5.32 Å². The number of hydrogen-bond donors (Lipinski definition) is 1. The van der Waals surface area contributed by atoms with Crippen molar-refractivity contribution >= 4 is 22.2 Å². The minimum atomic E-state index is -2.28. The summed E-state index contributed by atoms with van der Waals surface area (Å²) in [7, 11) is -2.28. The van der Waals surface area contributed by atoms with E-state index in [9.17, 15) is 13.2 Å². The summed E-state index contributed by atoms with van der Waals surface area (Å²) in [6.07, 6.45) is 0.274. The molecule has 0 radical (unpaired) electrons. The predicted molar refractivity (Wildman–Crippen MR) is 24.2 cm³/mol. The van der Waals surface area contributed by atoms with E-state index in [-0.39, 0.29) is 6.41 Å². The van der Waals surface area contributed by atoms with Gasteiger partial charge in [0.1, 0.15) is 5.49 Å². The third kappa shape index (κ3) is 5.16. The van der Waals surface area contributed by atoms with Crippen LogP contribution in [0.15, 0.2) is 0 Å². The van der Waals surface area contributed by atoms with Crippen LogP contribution in [0.5, 0.6) is 0 Å². The van der Waals surface area contributed by atoms with Gasteiger partial charge in [0, 0.05) is 0 Å². The van der Waals surface area contributed by atoms with Crippen molar-refractivity contribution in [3.8, 4) is 0 Å². The lowest BCUT2D eigenvalue weighted by Gasteiger charge is -1.68. The first kappa shape index (κ1) is 6.16. The highest BCUT2D eigenvalue weighted by Crippen LogP contribution is 1.30. The summed E-state index contributed by atoms with van der Waals surface area (Å²) < 4.78 is 19.0. The summed E-state index contributed by atoms with van der Waals surface area (Å²) >= 11 is 0. The molecule has 0 fully saturated rings. The minimum Gasteiger partial charge on any atom is -0.322 e. The molecular formula is C2H3NO3S. The quantitative estimate of drug-likeness (QED) is 0.352. The smallest absolute Gasteiger partial charge is 0.230 e. The molecule has 0 aromatic carbocycles. The van der Waals surface area contributed by atoms with Crippen LogP contribution in [-0.2, 0) is 15.1 Å². The van der Waals surface area contributed by atoms with E-state index in [4.69, 9.17) is 0 Å². The van der Waals surface area contributed by atoms with Gasteiger partial charge in [0.2, 0.25) is 16.7 Å². The van der Waals surface area contributed by atoms with Crippen molar-refractivity contribution in [2.45, 2.75) is 0 Å². The summed E-state index contributed by atoms with van der Waals surface area (Å²) in [5.41, 5.74) is 0.646. The molecule has 0 aromatic heterocycles. The van der Waals surface area contributed by atoms with E-state index in [0.717, 1.165) is 0 Å². The number of amides is 1. The SMILES string of the molecule is O=CNC=S(=O)=O. The highest BCUT2D eigenvalue weighted by molar-refractivity contribution is 7.71. The summed E-state index contributed by atoms with van der Waals surface area (Å²) in [6.45, 7) is 0. The Kier molecular flexibility index (Phi) is 2.95. The van der Waals surface area contributed by atoms with Crippen LogP contribution in [-0.4, -0.2) is 20.3 Å². The molecule has 1 N–H and O–H groups in total. The third-order valence-electron chi connectivity index (χ3n) is 0.232. The molecule has 0 atom stereocenters. The van der Waals surface area contributed by atoms with Gasteiger partial charge in [-0.2, -0.15) is 8.42 Å². The average Bonchev–Trinajstić information content (AvgIpc) is 1.61. The maximum Gasteiger partial charge on any atom is 0.230 e. The molecule has 1 amide bonds. The van der Waals surface area contributed by atoms with Gasteiger partial charge in [0.05, 0.1) is 0 Å². The maximum absolute atomic E-state index is 9.48. The molecular weight excluding hydrogens is 118 g/mol. The van der Waals surface area contributed by atoms with E-state index >= 15 is 0 Å². The molecule has 0 spiro atoms. The van der Waals surface area contributed by atoms with E-state index < -0.39 is 10.3 Å². The Morgan fingerprint density at radius 1 is 1.43 bits per heavy atom. The predicted octanol–water partition coefficient (Wildman–Crippen LogP) is -1.63. The molecule has 0 aliphatic rings. The molecule has 4 nitrogen and oxygen atoms in total. The van der Waals surface area contributed by atoms with Gasteiger partial charge in [0.25, 0.3) is 0 Å². The summed E-state index contributed by atoms with van der Waals surface area (Å²) in [6, 6.07) is 0. The highest BCUT2D eigenvalue weighted by atomic mass is 32.2. The number of rotatable bonds is 2. The second-order valence-corrected chi connectivity index (χ2v) is 1.42. The zero-order valence-electron chi connectivity index (χ0n) is 3.29. The van der Waals surface area contributed by atoms with Crippen molar-refractivity contribution < 1.29 is 13.2 Å². The van der Waals surface area contributed by atoms with Crippen LogP contribution < -0.4 is 5.32 Å². The molecule has 0 aliphatic carbocycles. The normalized spacial score (nSPS) is 6.86. The number of carbonyl (C=O) groups excluding carboxylic acids is 1. The number of nitrogens with one attached hydrogen (secondary N) is 1. The molecule has 0 saturated heterocycles. The molecule has 0 bridgehead atoms. The van der Waals surface area contributed by atoms with Gasteiger partial charge in [-0.15, -0.1) is 0 Å². The van der Waals surface area contributed by atoms with Crippen LogP contribution in [0.1, 0.15) is 0 Å².